The number of halogens is 1. The normalized spacial score (nSPS) is 14.6. The highest BCUT2D eigenvalue weighted by Crippen LogP contribution is 2.24. The summed E-state index contributed by atoms with van der Waals surface area (Å²) in [5.41, 5.74) is 1.87. The second-order valence-corrected chi connectivity index (χ2v) is 11.1. The molecule has 1 atom stereocenters. The van der Waals surface area contributed by atoms with E-state index in [0.29, 0.717) is 30.2 Å². The smallest absolute Gasteiger partial charge is 0.243 e. The van der Waals surface area contributed by atoms with Crippen molar-refractivity contribution in [3.63, 3.8) is 0 Å². The molecule has 6 heteroatoms. The largest absolute Gasteiger partial charge is 0.352 e. The third-order valence-corrected chi connectivity index (χ3v) is 8.23. The van der Waals surface area contributed by atoms with Crippen LogP contribution in [0.4, 0.5) is 0 Å². The average Bonchev–Trinajstić information content (AvgIpc) is 2.93. The minimum atomic E-state index is -0.616. The quantitative estimate of drug-likeness (QED) is 0.272. The molecule has 0 aliphatic heterocycles. The van der Waals surface area contributed by atoms with Gasteiger partial charge in [-0.05, 0) is 42.2 Å². The number of hydrogen-bond donors (Lipinski definition) is 1. The van der Waals surface area contributed by atoms with Crippen LogP contribution in [0.15, 0.2) is 89.8 Å². The first-order valence-electron chi connectivity index (χ1n) is 13.1. The van der Waals surface area contributed by atoms with Crippen molar-refractivity contribution in [2.45, 2.75) is 68.5 Å². The maximum Gasteiger partial charge on any atom is 0.243 e. The Balaban J connectivity index is 1.57. The lowest BCUT2D eigenvalue weighted by molar-refractivity contribution is -0.141. The maximum atomic E-state index is 13.8. The average molecular weight is 535 g/mol. The number of rotatable bonds is 11. The summed E-state index contributed by atoms with van der Waals surface area (Å²) >= 11 is 8.17. The molecule has 0 unspecified atom stereocenters. The fourth-order valence-electron chi connectivity index (χ4n) is 4.82. The van der Waals surface area contributed by atoms with E-state index in [1.165, 1.54) is 6.42 Å². The molecule has 3 aromatic rings. The van der Waals surface area contributed by atoms with E-state index in [-0.39, 0.29) is 17.9 Å². The maximum absolute atomic E-state index is 13.8. The first-order valence-corrected chi connectivity index (χ1v) is 14.5. The molecule has 0 radical (unpaired) electrons. The zero-order chi connectivity index (χ0) is 25.9. The van der Waals surface area contributed by atoms with E-state index in [9.17, 15) is 9.59 Å². The summed E-state index contributed by atoms with van der Waals surface area (Å²) in [6, 6.07) is 27.2. The molecule has 0 saturated heterocycles. The molecule has 3 aromatic carbocycles. The van der Waals surface area contributed by atoms with Gasteiger partial charge in [0.05, 0.1) is 0 Å². The van der Waals surface area contributed by atoms with Crippen LogP contribution in [-0.2, 0) is 22.6 Å². The Hall–Kier alpha value is -2.76. The van der Waals surface area contributed by atoms with E-state index in [4.69, 9.17) is 11.6 Å². The zero-order valence-electron chi connectivity index (χ0n) is 21.2. The van der Waals surface area contributed by atoms with Crippen LogP contribution in [0.25, 0.3) is 0 Å². The lowest BCUT2D eigenvalue weighted by Gasteiger charge is -2.33. The van der Waals surface area contributed by atoms with Crippen molar-refractivity contribution in [1.82, 2.24) is 10.2 Å². The molecule has 1 aliphatic carbocycles. The predicted octanol–water partition coefficient (Wildman–Crippen LogP) is 6.91. The molecule has 1 saturated carbocycles. The molecule has 194 valence electrons. The van der Waals surface area contributed by atoms with Gasteiger partial charge in [0.1, 0.15) is 6.04 Å². The van der Waals surface area contributed by atoms with Gasteiger partial charge < -0.3 is 10.2 Å². The molecule has 4 nitrogen and oxygen atoms in total. The molecular weight excluding hydrogens is 500 g/mol. The third-order valence-electron chi connectivity index (χ3n) is 6.85. The van der Waals surface area contributed by atoms with Gasteiger partial charge >= 0.3 is 0 Å². The Labute approximate surface area is 229 Å². The van der Waals surface area contributed by atoms with Crippen molar-refractivity contribution in [1.29, 1.82) is 0 Å². The Morgan fingerprint density at radius 2 is 1.54 bits per heavy atom. The Bertz CT molecular complexity index is 1140. The SMILES string of the molecule is O=C(NC1CCCCC1)[C@@H](Cc1ccccc1)N(Cc1ccccc1Cl)C(=O)CCSc1ccccc1. The van der Waals surface area contributed by atoms with E-state index in [0.717, 1.165) is 41.7 Å². The molecule has 2 amide bonds. The van der Waals surface area contributed by atoms with E-state index < -0.39 is 6.04 Å². The van der Waals surface area contributed by atoms with Crippen LogP contribution in [0.1, 0.15) is 49.7 Å². The highest BCUT2D eigenvalue weighted by atomic mass is 35.5. The van der Waals surface area contributed by atoms with Gasteiger partial charge in [0.2, 0.25) is 11.8 Å². The van der Waals surface area contributed by atoms with Crippen LogP contribution in [0, 0.1) is 0 Å². The Morgan fingerprint density at radius 1 is 0.892 bits per heavy atom. The van der Waals surface area contributed by atoms with Crippen molar-refractivity contribution in [3.8, 4) is 0 Å². The Kier molecular flexibility index (Phi) is 10.5. The molecule has 0 bridgehead atoms. The fraction of sp³-hybridized carbons (Fsp3) is 0.355. The van der Waals surface area contributed by atoms with Crippen LogP contribution in [0.2, 0.25) is 5.02 Å². The molecule has 0 heterocycles. The van der Waals surface area contributed by atoms with Gasteiger partial charge in [0.15, 0.2) is 0 Å². The topological polar surface area (TPSA) is 49.4 Å². The second kappa shape index (κ2) is 14.3. The van der Waals surface area contributed by atoms with Gasteiger partial charge in [-0.25, -0.2) is 0 Å². The number of nitrogens with zero attached hydrogens (tertiary/aromatic N) is 1. The molecule has 4 rings (SSSR count). The summed E-state index contributed by atoms with van der Waals surface area (Å²) < 4.78 is 0. The number of hydrogen-bond acceptors (Lipinski definition) is 3. The summed E-state index contributed by atoms with van der Waals surface area (Å²) in [5, 5.41) is 3.89. The van der Waals surface area contributed by atoms with Crippen LogP contribution in [-0.4, -0.2) is 34.6 Å². The van der Waals surface area contributed by atoms with Crippen molar-refractivity contribution in [3.05, 3.63) is 101 Å². The number of carbonyl (C=O) groups excluding carboxylic acids is 2. The summed E-state index contributed by atoms with van der Waals surface area (Å²) in [6.07, 6.45) is 6.27. The molecule has 1 aliphatic rings. The van der Waals surface area contributed by atoms with Crippen molar-refractivity contribution in [2.75, 3.05) is 5.75 Å². The van der Waals surface area contributed by atoms with Gasteiger partial charge in [-0.2, -0.15) is 0 Å². The lowest BCUT2D eigenvalue weighted by Crippen LogP contribution is -2.53. The van der Waals surface area contributed by atoms with Gasteiger partial charge in [0, 0.05) is 41.1 Å². The van der Waals surface area contributed by atoms with E-state index in [2.05, 4.69) is 5.32 Å². The zero-order valence-corrected chi connectivity index (χ0v) is 22.7. The van der Waals surface area contributed by atoms with Crippen LogP contribution in [0.5, 0.6) is 0 Å². The van der Waals surface area contributed by atoms with Gasteiger partial charge in [-0.1, -0.05) is 97.6 Å². The third kappa shape index (κ3) is 8.37. The minimum Gasteiger partial charge on any atom is -0.352 e. The number of carbonyl (C=O) groups is 2. The summed E-state index contributed by atoms with van der Waals surface area (Å²) in [6.45, 7) is 0.296. The number of amides is 2. The number of nitrogens with one attached hydrogen (secondary N) is 1. The molecule has 37 heavy (non-hydrogen) atoms. The van der Waals surface area contributed by atoms with Gasteiger partial charge in [0.25, 0.3) is 0 Å². The lowest BCUT2D eigenvalue weighted by atomic mass is 9.94. The molecule has 1 N–H and O–H groups in total. The first kappa shape index (κ1) is 27.3. The number of benzene rings is 3. The number of thioether (sulfide) groups is 1. The minimum absolute atomic E-state index is 0.0388. The molecule has 1 fully saturated rings. The van der Waals surface area contributed by atoms with E-state index in [1.807, 2.05) is 84.9 Å². The monoisotopic (exact) mass is 534 g/mol. The standard InChI is InChI=1S/C31H35ClN2O2S/c32-28-19-11-10-14-25(28)23-34(30(35)20-21-37-27-17-8-3-9-18-27)29(22-24-12-4-1-5-13-24)31(36)33-26-15-6-2-7-16-26/h1,3-5,8-14,17-19,26,29H,2,6-7,15-16,20-23H2,(H,33,36)/t29-/m1/s1. The van der Waals surface area contributed by atoms with Crippen molar-refractivity contribution < 1.29 is 9.59 Å². The summed E-state index contributed by atoms with van der Waals surface area (Å²) in [4.78, 5) is 30.4. The van der Waals surface area contributed by atoms with E-state index >= 15 is 0 Å². The van der Waals surface area contributed by atoms with E-state index in [1.54, 1.807) is 16.7 Å². The van der Waals surface area contributed by atoms with Crippen LogP contribution >= 0.6 is 23.4 Å². The highest BCUT2D eigenvalue weighted by Gasteiger charge is 2.32. The van der Waals surface area contributed by atoms with Gasteiger partial charge in [-0.15, -0.1) is 11.8 Å². The van der Waals surface area contributed by atoms with Crippen LogP contribution < -0.4 is 5.32 Å². The summed E-state index contributed by atoms with van der Waals surface area (Å²) in [5.74, 6) is 0.527. The fourth-order valence-corrected chi connectivity index (χ4v) is 5.88. The van der Waals surface area contributed by atoms with Crippen LogP contribution in [0.3, 0.4) is 0 Å². The Morgan fingerprint density at radius 3 is 2.24 bits per heavy atom. The highest BCUT2D eigenvalue weighted by molar-refractivity contribution is 7.99. The second-order valence-electron chi connectivity index (χ2n) is 9.57. The van der Waals surface area contributed by atoms with Gasteiger partial charge in [-0.3, -0.25) is 9.59 Å². The molecular formula is C31H35ClN2O2S. The molecule has 0 spiro atoms. The summed E-state index contributed by atoms with van der Waals surface area (Å²) in [7, 11) is 0. The van der Waals surface area contributed by atoms with Crippen molar-refractivity contribution in [2.24, 2.45) is 0 Å². The first-order chi connectivity index (χ1) is 18.1. The van der Waals surface area contributed by atoms with Crippen molar-refractivity contribution >= 4 is 35.2 Å². The predicted molar refractivity (Wildman–Crippen MR) is 153 cm³/mol. The molecule has 0 aromatic heterocycles.